The lowest BCUT2D eigenvalue weighted by Crippen LogP contribution is -2.13. The third kappa shape index (κ3) is 2.86. The molecule has 0 aliphatic carbocycles. The molecule has 0 saturated carbocycles. The van der Waals surface area contributed by atoms with Gasteiger partial charge >= 0.3 is 0 Å². The zero-order valence-electron chi connectivity index (χ0n) is 11.8. The van der Waals surface area contributed by atoms with Gasteiger partial charge in [0.25, 0.3) is 10.0 Å². The lowest BCUT2D eigenvalue weighted by molar-refractivity contribution is 0.601. The zero-order chi connectivity index (χ0) is 14.9. The highest BCUT2D eigenvalue weighted by Gasteiger charge is 2.18. The molecular formula is C14H19N3O2S. The Balaban J connectivity index is 2.35. The van der Waals surface area contributed by atoms with E-state index in [0.717, 1.165) is 16.8 Å². The standard InChI is InChI=1S/C14H19N3O2S/c1-10-4-5-14(11(2)6-10)16-20(18,19)13-7-12(8-15)17(3)9-13/h4-7,9,16H,8,15H2,1-3H3. The largest absolute Gasteiger partial charge is 0.352 e. The Morgan fingerprint density at radius 3 is 2.50 bits per heavy atom. The summed E-state index contributed by atoms with van der Waals surface area (Å²) in [5.41, 5.74) is 8.91. The number of sulfonamides is 1. The lowest BCUT2D eigenvalue weighted by atomic mass is 10.1. The van der Waals surface area contributed by atoms with Crippen LogP contribution in [0.5, 0.6) is 0 Å². The van der Waals surface area contributed by atoms with E-state index in [1.807, 2.05) is 26.0 Å². The first-order valence-electron chi connectivity index (χ1n) is 6.29. The second-order valence-corrected chi connectivity index (χ2v) is 6.59. The molecule has 2 rings (SSSR count). The van der Waals surface area contributed by atoms with Crippen molar-refractivity contribution >= 4 is 15.7 Å². The third-order valence-corrected chi connectivity index (χ3v) is 4.56. The summed E-state index contributed by atoms with van der Waals surface area (Å²) in [5.74, 6) is 0. The molecule has 2 aromatic rings. The van der Waals surface area contributed by atoms with Gasteiger partial charge in [0.1, 0.15) is 4.90 Å². The summed E-state index contributed by atoms with van der Waals surface area (Å²) < 4.78 is 29.0. The van der Waals surface area contributed by atoms with E-state index in [4.69, 9.17) is 5.73 Å². The normalized spacial score (nSPS) is 11.6. The molecule has 5 nitrogen and oxygen atoms in total. The summed E-state index contributed by atoms with van der Waals surface area (Å²) in [4.78, 5) is 0.223. The maximum absolute atomic E-state index is 12.4. The highest BCUT2D eigenvalue weighted by molar-refractivity contribution is 7.92. The molecule has 0 aliphatic heterocycles. The summed E-state index contributed by atoms with van der Waals surface area (Å²) in [7, 11) is -1.81. The Morgan fingerprint density at radius 2 is 1.95 bits per heavy atom. The van der Waals surface area contributed by atoms with Crippen LogP contribution in [-0.2, 0) is 23.6 Å². The molecule has 0 aliphatic rings. The SMILES string of the molecule is Cc1ccc(NS(=O)(=O)c2cc(CN)n(C)c2)c(C)c1. The summed E-state index contributed by atoms with van der Waals surface area (Å²) in [5, 5.41) is 0. The molecule has 1 heterocycles. The van der Waals surface area contributed by atoms with Crippen molar-refractivity contribution in [3.05, 3.63) is 47.3 Å². The molecule has 0 bridgehead atoms. The van der Waals surface area contributed by atoms with Gasteiger partial charge in [-0.1, -0.05) is 17.7 Å². The summed E-state index contributed by atoms with van der Waals surface area (Å²) in [6.07, 6.45) is 1.56. The molecule has 3 N–H and O–H groups in total. The Morgan fingerprint density at radius 1 is 1.25 bits per heavy atom. The van der Waals surface area contributed by atoms with Crippen molar-refractivity contribution in [2.45, 2.75) is 25.3 Å². The van der Waals surface area contributed by atoms with Crippen molar-refractivity contribution in [2.75, 3.05) is 4.72 Å². The first-order chi connectivity index (χ1) is 9.33. The van der Waals surface area contributed by atoms with E-state index in [2.05, 4.69) is 4.72 Å². The average molecular weight is 293 g/mol. The van der Waals surface area contributed by atoms with Crippen molar-refractivity contribution in [2.24, 2.45) is 12.8 Å². The molecular weight excluding hydrogens is 274 g/mol. The average Bonchev–Trinajstić information content (AvgIpc) is 2.75. The van der Waals surface area contributed by atoms with Crippen LogP contribution in [0.15, 0.2) is 35.4 Å². The number of aryl methyl sites for hydroxylation is 3. The molecule has 0 radical (unpaired) electrons. The summed E-state index contributed by atoms with van der Waals surface area (Å²) in [6, 6.07) is 7.18. The van der Waals surface area contributed by atoms with E-state index in [0.29, 0.717) is 12.2 Å². The van der Waals surface area contributed by atoms with Gasteiger partial charge in [0.2, 0.25) is 0 Å². The number of anilines is 1. The smallest absolute Gasteiger partial charge is 0.263 e. The van der Waals surface area contributed by atoms with Gasteiger partial charge in [0.15, 0.2) is 0 Å². The van der Waals surface area contributed by atoms with E-state index >= 15 is 0 Å². The molecule has 1 aromatic heterocycles. The fourth-order valence-electron chi connectivity index (χ4n) is 2.06. The second-order valence-electron chi connectivity index (χ2n) is 4.91. The van der Waals surface area contributed by atoms with Gasteiger partial charge in [-0.3, -0.25) is 4.72 Å². The van der Waals surface area contributed by atoms with Crippen molar-refractivity contribution < 1.29 is 8.42 Å². The van der Waals surface area contributed by atoms with E-state index in [9.17, 15) is 8.42 Å². The van der Waals surface area contributed by atoms with Crippen LogP contribution in [0.3, 0.4) is 0 Å². The molecule has 0 spiro atoms. The van der Waals surface area contributed by atoms with Crippen LogP contribution in [0.25, 0.3) is 0 Å². The third-order valence-electron chi connectivity index (χ3n) is 3.23. The number of benzene rings is 1. The summed E-state index contributed by atoms with van der Waals surface area (Å²) in [6.45, 7) is 4.15. The minimum atomic E-state index is -3.59. The van der Waals surface area contributed by atoms with Crippen LogP contribution in [0.4, 0.5) is 5.69 Å². The zero-order valence-corrected chi connectivity index (χ0v) is 12.7. The Labute approximate surface area is 119 Å². The van der Waals surface area contributed by atoms with Gasteiger partial charge in [-0.05, 0) is 31.5 Å². The Bertz CT molecular complexity index is 733. The van der Waals surface area contributed by atoms with Crippen LogP contribution in [-0.4, -0.2) is 13.0 Å². The minimum Gasteiger partial charge on any atom is -0.352 e. The molecule has 0 fully saturated rings. The highest BCUT2D eigenvalue weighted by atomic mass is 32.2. The van der Waals surface area contributed by atoms with E-state index < -0.39 is 10.0 Å². The number of rotatable bonds is 4. The molecule has 0 atom stereocenters. The van der Waals surface area contributed by atoms with Gasteiger partial charge in [-0.2, -0.15) is 0 Å². The maximum Gasteiger partial charge on any atom is 0.263 e. The highest BCUT2D eigenvalue weighted by Crippen LogP contribution is 2.21. The number of nitrogens with one attached hydrogen (secondary N) is 1. The Kier molecular flexibility index (Phi) is 3.87. The van der Waals surface area contributed by atoms with Crippen LogP contribution < -0.4 is 10.5 Å². The number of nitrogens with zero attached hydrogens (tertiary/aromatic N) is 1. The quantitative estimate of drug-likeness (QED) is 0.904. The van der Waals surface area contributed by atoms with Gasteiger partial charge in [-0.25, -0.2) is 8.42 Å². The van der Waals surface area contributed by atoms with Crippen molar-refractivity contribution in [1.82, 2.24) is 4.57 Å². The van der Waals surface area contributed by atoms with E-state index in [1.165, 1.54) is 0 Å². The van der Waals surface area contributed by atoms with E-state index in [1.54, 1.807) is 29.9 Å². The molecule has 1 aromatic carbocycles. The van der Waals surface area contributed by atoms with Crippen LogP contribution in [0.1, 0.15) is 16.8 Å². The van der Waals surface area contributed by atoms with E-state index in [-0.39, 0.29) is 4.90 Å². The number of hydrogen-bond acceptors (Lipinski definition) is 3. The molecule has 0 unspecified atom stereocenters. The van der Waals surface area contributed by atoms with Gasteiger partial charge in [0.05, 0.1) is 5.69 Å². The number of nitrogens with two attached hydrogens (primary N) is 1. The predicted octanol–water partition coefficient (Wildman–Crippen LogP) is 1.90. The maximum atomic E-state index is 12.4. The second kappa shape index (κ2) is 5.30. The van der Waals surface area contributed by atoms with Crippen molar-refractivity contribution in [1.29, 1.82) is 0 Å². The first kappa shape index (κ1) is 14.6. The van der Waals surface area contributed by atoms with Crippen LogP contribution in [0.2, 0.25) is 0 Å². The predicted molar refractivity (Wildman–Crippen MR) is 80.0 cm³/mol. The Hall–Kier alpha value is -1.79. The van der Waals surface area contributed by atoms with Crippen molar-refractivity contribution in [3.63, 3.8) is 0 Å². The van der Waals surface area contributed by atoms with Gasteiger partial charge < -0.3 is 10.3 Å². The van der Waals surface area contributed by atoms with Gasteiger partial charge in [0, 0.05) is 25.5 Å². The fourth-order valence-corrected chi connectivity index (χ4v) is 3.28. The van der Waals surface area contributed by atoms with Crippen LogP contribution in [0, 0.1) is 13.8 Å². The monoisotopic (exact) mass is 293 g/mol. The lowest BCUT2D eigenvalue weighted by Gasteiger charge is -2.10. The molecule has 20 heavy (non-hydrogen) atoms. The molecule has 108 valence electrons. The molecule has 6 heteroatoms. The van der Waals surface area contributed by atoms with Crippen molar-refractivity contribution in [3.8, 4) is 0 Å². The number of hydrogen-bond donors (Lipinski definition) is 2. The fraction of sp³-hybridized carbons (Fsp3) is 0.286. The first-order valence-corrected chi connectivity index (χ1v) is 7.77. The summed E-state index contributed by atoms with van der Waals surface area (Å²) >= 11 is 0. The molecule has 0 amide bonds. The topological polar surface area (TPSA) is 77.1 Å². The van der Waals surface area contributed by atoms with Gasteiger partial charge in [-0.15, -0.1) is 0 Å². The minimum absolute atomic E-state index is 0.223. The van der Waals surface area contributed by atoms with Crippen LogP contribution >= 0.6 is 0 Å². The molecule has 0 saturated heterocycles. The number of aromatic nitrogens is 1.